The van der Waals surface area contributed by atoms with Crippen molar-refractivity contribution in [3.05, 3.63) is 0 Å². The number of hydrogen-bond donors (Lipinski definition) is 2. The van der Waals surface area contributed by atoms with Crippen LogP contribution in [0.2, 0.25) is 0 Å². The quantitative estimate of drug-likeness (QED) is 0.676. The van der Waals surface area contributed by atoms with Crippen molar-refractivity contribution in [2.75, 3.05) is 6.61 Å². The van der Waals surface area contributed by atoms with Crippen molar-refractivity contribution < 1.29 is 5.11 Å². The van der Waals surface area contributed by atoms with E-state index in [4.69, 9.17) is 10.8 Å². The van der Waals surface area contributed by atoms with E-state index in [9.17, 15) is 0 Å². The summed E-state index contributed by atoms with van der Waals surface area (Å²) in [5.41, 5.74) is 6.00. The van der Waals surface area contributed by atoms with Gasteiger partial charge in [-0.1, -0.05) is 19.8 Å². The normalized spacial score (nSPS) is 33.2. The first kappa shape index (κ1) is 10.0. The van der Waals surface area contributed by atoms with Gasteiger partial charge in [0.25, 0.3) is 0 Å². The second kappa shape index (κ2) is 4.83. The second-order valence-corrected chi connectivity index (χ2v) is 4.23. The van der Waals surface area contributed by atoms with Crippen LogP contribution >= 0.6 is 0 Å². The van der Waals surface area contributed by atoms with E-state index in [0.717, 1.165) is 6.42 Å². The number of nitrogens with two attached hydrogens (primary N) is 1. The SMILES string of the molecule is CC(CO)CC1CCCCC1N. The monoisotopic (exact) mass is 171 g/mol. The molecule has 0 heterocycles. The van der Waals surface area contributed by atoms with Crippen LogP contribution in [-0.2, 0) is 0 Å². The minimum absolute atomic E-state index is 0.309. The van der Waals surface area contributed by atoms with Gasteiger partial charge < -0.3 is 10.8 Å². The molecule has 0 spiro atoms. The number of hydrogen-bond acceptors (Lipinski definition) is 2. The molecule has 0 radical (unpaired) electrons. The molecule has 0 aliphatic heterocycles. The van der Waals surface area contributed by atoms with Crippen LogP contribution < -0.4 is 5.73 Å². The Hall–Kier alpha value is -0.0800. The van der Waals surface area contributed by atoms with Gasteiger partial charge in [-0.15, -0.1) is 0 Å². The highest BCUT2D eigenvalue weighted by molar-refractivity contribution is 4.78. The Morgan fingerprint density at radius 1 is 1.42 bits per heavy atom. The molecule has 2 heteroatoms. The van der Waals surface area contributed by atoms with E-state index in [1.165, 1.54) is 25.7 Å². The summed E-state index contributed by atoms with van der Waals surface area (Å²) in [6.07, 6.45) is 6.19. The van der Waals surface area contributed by atoms with E-state index in [-0.39, 0.29) is 0 Å². The average molecular weight is 171 g/mol. The fraction of sp³-hybridized carbons (Fsp3) is 1.00. The van der Waals surface area contributed by atoms with Crippen LogP contribution in [0.15, 0.2) is 0 Å². The molecule has 0 aromatic heterocycles. The van der Waals surface area contributed by atoms with Crippen molar-refractivity contribution in [2.45, 2.75) is 45.1 Å². The molecule has 3 atom stereocenters. The van der Waals surface area contributed by atoms with Crippen molar-refractivity contribution in [3.8, 4) is 0 Å². The number of aliphatic hydroxyl groups is 1. The zero-order chi connectivity index (χ0) is 8.97. The lowest BCUT2D eigenvalue weighted by molar-refractivity contribution is 0.186. The molecule has 3 unspecified atom stereocenters. The lowest BCUT2D eigenvalue weighted by Crippen LogP contribution is -2.34. The van der Waals surface area contributed by atoms with Crippen molar-refractivity contribution in [1.29, 1.82) is 0 Å². The first-order valence-electron chi connectivity index (χ1n) is 5.10. The molecule has 0 saturated heterocycles. The van der Waals surface area contributed by atoms with Crippen LogP contribution in [0.5, 0.6) is 0 Å². The molecule has 1 fully saturated rings. The van der Waals surface area contributed by atoms with Crippen molar-refractivity contribution in [2.24, 2.45) is 17.6 Å². The largest absolute Gasteiger partial charge is 0.396 e. The summed E-state index contributed by atoms with van der Waals surface area (Å²) < 4.78 is 0. The van der Waals surface area contributed by atoms with Gasteiger partial charge >= 0.3 is 0 Å². The molecule has 0 amide bonds. The molecular formula is C10H21NO. The third-order valence-electron chi connectivity index (χ3n) is 2.98. The second-order valence-electron chi connectivity index (χ2n) is 4.23. The average Bonchev–Trinajstić information content (AvgIpc) is 2.09. The van der Waals surface area contributed by atoms with E-state index in [2.05, 4.69) is 6.92 Å². The molecule has 1 rings (SSSR count). The predicted molar refractivity (Wildman–Crippen MR) is 50.8 cm³/mol. The minimum atomic E-state index is 0.309. The highest BCUT2D eigenvalue weighted by atomic mass is 16.3. The fourth-order valence-corrected chi connectivity index (χ4v) is 2.12. The van der Waals surface area contributed by atoms with Gasteiger partial charge in [-0.2, -0.15) is 0 Å². The minimum Gasteiger partial charge on any atom is -0.396 e. The topological polar surface area (TPSA) is 46.2 Å². The van der Waals surface area contributed by atoms with Gasteiger partial charge in [-0.05, 0) is 31.1 Å². The van der Waals surface area contributed by atoms with E-state index in [1.807, 2.05) is 0 Å². The Bertz CT molecular complexity index is 127. The molecule has 3 N–H and O–H groups in total. The number of rotatable bonds is 3. The third kappa shape index (κ3) is 2.76. The van der Waals surface area contributed by atoms with Gasteiger partial charge in [-0.25, -0.2) is 0 Å². The van der Waals surface area contributed by atoms with E-state index < -0.39 is 0 Å². The molecule has 0 aromatic carbocycles. The summed E-state index contributed by atoms with van der Waals surface area (Å²) in [6.45, 7) is 2.41. The summed E-state index contributed by atoms with van der Waals surface area (Å²) >= 11 is 0. The predicted octanol–water partition coefficient (Wildman–Crippen LogP) is 1.52. The van der Waals surface area contributed by atoms with Crippen LogP contribution in [0.3, 0.4) is 0 Å². The maximum atomic E-state index is 8.91. The Morgan fingerprint density at radius 3 is 2.67 bits per heavy atom. The van der Waals surface area contributed by atoms with E-state index >= 15 is 0 Å². The zero-order valence-corrected chi connectivity index (χ0v) is 8.00. The van der Waals surface area contributed by atoms with Crippen LogP contribution in [0.4, 0.5) is 0 Å². The third-order valence-corrected chi connectivity index (χ3v) is 2.98. The molecule has 72 valence electrons. The van der Waals surface area contributed by atoms with Gasteiger partial charge in [-0.3, -0.25) is 0 Å². The van der Waals surface area contributed by atoms with Crippen LogP contribution in [0, 0.1) is 11.8 Å². The lowest BCUT2D eigenvalue weighted by atomic mass is 9.80. The lowest BCUT2D eigenvalue weighted by Gasteiger charge is -2.30. The van der Waals surface area contributed by atoms with E-state index in [1.54, 1.807) is 0 Å². The Morgan fingerprint density at radius 2 is 2.08 bits per heavy atom. The molecule has 1 aliphatic carbocycles. The maximum Gasteiger partial charge on any atom is 0.0456 e. The standard InChI is InChI=1S/C10H21NO/c1-8(7-12)6-9-4-2-3-5-10(9)11/h8-10,12H,2-7,11H2,1H3. The molecule has 2 nitrogen and oxygen atoms in total. The van der Waals surface area contributed by atoms with Crippen LogP contribution in [0.25, 0.3) is 0 Å². The van der Waals surface area contributed by atoms with Crippen molar-refractivity contribution in [1.82, 2.24) is 0 Å². The summed E-state index contributed by atoms with van der Waals surface area (Å²) in [6, 6.07) is 0.396. The van der Waals surface area contributed by atoms with E-state index in [0.29, 0.717) is 24.5 Å². The Labute approximate surface area is 75.2 Å². The highest BCUT2D eigenvalue weighted by Gasteiger charge is 2.22. The molecule has 0 aromatic rings. The van der Waals surface area contributed by atoms with Crippen LogP contribution in [-0.4, -0.2) is 17.8 Å². The zero-order valence-electron chi connectivity index (χ0n) is 8.00. The molecule has 1 saturated carbocycles. The summed E-state index contributed by atoms with van der Waals surface area (Å²) in [5, 5.41) is 8.91. The van der Waals surface area contributed by atoms with Crippen molar-refractivity contribution >= 4 is 0 Å². The van der Waals surface area contributed by atoms with Crippen molar-refractivity contribution in [3.63, 3.8) is 0 Å². The molecule has 1 aliphatic rings. The smallest absolute Gasteiger partial charge is 0.0456 e. The Kier molecular flexibility index (Phi) is 4.02. The molecular weight excluding hydrogens is 150 g/mol. The highest BCUT2D eigenvalue weighted by Crippen LogP contribution is 2.28. The first-order valence-corrected chi connectivity index (χ1v) is 5.10. The maximum absolute atomic E-state index is 8.91. The summed E-state index contributed by atoms with van der Waals surface area (Å²) in [4.78, 5) is 0. The van der Waals surface area contributed by atoms with Gasteiger partial charge in [0.1, 0.15) is 0 Å². The van der Waals surface area contributed by atoms with Gasteiger partial charge in [0.05, 0.1) is 0 Å². The van der Waals surface area contributed by atoms with Gasteiger partial charge in [0, 0.05) is 12.6 Å². The number of aliphatic hydroxyl groups excluding tert-OH is 1. The Balaban J connectivity index is 2.28. The molecule has 0 bridgehead atoms. The summed E-state index contributed by atoms with van der Waals surface area (Å²) in [7, 11) is 0. The first-order chi connectivity index (χ1) is 5.74. The fourth-order valence-electron chi connectivity index (χ4n) is 2.12. The van der Waals surface area contributed by atoms with Crippen LogP contribution in [0.1, 0.15) is 39.0 Å². The summed E-state index contributed by atoms with van der Waals surface area (Å²) in [5.74, 6) is 1.10. The van der Waals surface area contributed by atoms with Gasteiger partial charge in [0.2, 0.25) is 0 Å². The van der Waals surface area contributed by atoms with Gasteiger partial charge in [0.15, 0.2) is 0 Å². The molecule has 12 heavy (non-hydrogen) atoms.